The molecule has 0 spiro atoms. The number of amides is 1. The molecule has 0 aliphatic carbocycles. The van der Waals surface area contributed by atoms with E-state index < -0.39 is 0 Å². The van der Waals surface area contributed by atoms with E-state index in [1.54, 1.807) is 7.11 Å². The SMILES string of the molecule is COc1cc(/C(C)=N/NC(=O)Cc2ccccc2)ccc1OCc1ccccc1. The highest BCUT2D eigenvalue weighted by Gasteiger charge is 2.09. The van der Waals surface area contributed by atoms with Gasteiger partial charge in [-0.3, -0.25) is 4.79 Å². The number of hydrazone groups is 1. The Bertz CT molecular complexity index is 970. The summed E-state index contributed by atoms with van der Waals surface area (Å²) in [5.74, 6) is 1.11. The number of benzene rings is 3. The molecular weight excluding hydrogens is 364 g/mol. The number of rotatable bonds is 8. The summed E-state index contributed by atoms with van der Waals surface area (Å²) in [7, 11) is 1.60. The molecule has 0 radical (unpaired) electrons. The summed E-state index contributed by atoms with van der Waals surface area (Å²) < 4.78 is 11.3. The number of hydrogen-bond donors (Lipinski definition) is 1. The fraction of sp³-hybridized carbons (Fsp3) is 0.167. The van der Waals surface area contributed by atoms with Crippen molar-refractivity contribution >= 4 is 11.6 Å². The van der Waals surface area contributed by atoms with Gasteiger partial charge in [-0.1, -0.05) is 60.7 Å². The molecule has 0 unspecified atom stereocenters. The van der Waals surface area contributed by atoms with Crippen molar-refractivity contribution in [2.45, 2.75) is 20.0 Å². The van der Waals surface area contributed by atoms with Crippen LogP contribution in [-0.2, 0) is 17.8 Å². The molecule has 3 aromatic rings. The third-order valence-corrected chi connectivity index (χ3v) is 4.37. The van der Waals surface area contributed by atoms with Crippen LogP contribution >= 0.6 is 0 Å². The first-order valence-corrected chi connectivity index (χ1v) is 9.38. The number of hydrogen-bond acceptors (Lipinski definition) is 4. The molecule has 5 nitrogen and oxygen atoms in total. The molecule has 0 fully saturated rings. The van der Waals surface area contributed by atoms with Crippen molar-refractivity contribution in [3.8, 4) is 11.5 Å². The van der Waals surface area contributed by atoms with Crippen LogP contribution in [0.1, 0.15) is 23.6 Å². The fourth-order valence-corrected chi connectivity index (χ4v) is 2.78. The van der Waals surface area contributed by atoms with Gasteiger partial charge in [0.25, 0.3) is 0 Å². The quantitative estimate of drug-likeness (QED) is 0.461. The van der Waals surface area contributed by atoms with Crippen molar-refractivity contribution in [3.63, 3.8) is 0 Å². The van der Waals surface area contributed by atoms with Crippen LogP contribution in [-0.4, -0.2) is 18.7 Å². The van der Waals surface area contributed by atoms with Gasteiger partial charge in [-0.2, -0.15) is 5.10 Å². The number of ether oxygens (including phenoxy) is 2. The van der Waals surface area contributed by atoms with E-state index in [9.17, 15) is 4.79 Å². The van der Waals surface area contributed by atoms with Gasteiger partial charge in [0.2, 0.25) is 5.91 Å². The number of carbonyl (C=O) groups excluding carboxylic acids is 1. The van der Waals surface area contributed by atoms with Gasteiger partial charge in [0, 0.05) is 5.56 Å². The minimum absolute atomic E-state index is 0.162. The Morgan fingerprint density at radius 2 is 1.55 bits per heavy atom. The van der Waals surface area contributed by atoms with E-state index in [2.05, 4.69) is 10.5 Å². The summed E-state index contributed by atoms with van der Waals surface area (Å²) in [6.45, 7) is 2.29. The van der Waals surface area contributed by atoms with Crippen LogP contribution in [0.5, 0.6) is 11.5 Å². The molecule has 0 aliphatic rings. The van der Waals surface area contributed by atoms with Crippen molar-refractivity contribution in [1.29, 1.82) is 0 Å². The lowest BCUT2D eigenvalue weighted by Crippen LogP contribution is -2.21. The standard InChI is InChI=1S/C24H24N2O3/c1-18(25-26-24(27)15-19-9-5-3-6-10-19)21-13-14-22(23(16-21)28-2)29-17-20-11-7-4-8-12-20/h3-14,16H,15,17H2,1-2H3,(H,26,27)/b25-18+. The first kappa shape index (κ1) is 20.1. The minimum Gasteiger partial charge on any atom is -0.493 e. The zero-order valence-corrected chi connectivity index (χ0v) is 16.6. The Hall–Kier alpha value is -3.60. The number of nitrogens with zero attached hydrogens (tertiary/aromatic N) is 1. The van der Waals surface area contributed by atoms with Crippen molar-refractivity contribution in [1.82, 2.24) is 5.43 Å². The predicted molar refractivity (Wildman–Crippen MR) is 114 cm³/mol. The second-order valence-electron chi connectivity index (χ2n) is 6.53. The third-order valence-electron chi connectivity index (χ3n) is 4.37. The Morgan fingerprint density at radius 3 is 2.21 bits per heavy atom. The summed E-state index contributed by atoms with van der Waals surface area (Å²) >= 11 is 0. The van der Waals surface area contributed by atoms with E-state index in [0.717, 1.165) is 16.7 Å². The second kappa shape index (κ2) is 10.1. The summed E-state index contributed by atoms with van der Waals surface area (Å²) in [6.07, 6.45) is 0.285. The highest BCUT2D eigenvalue weighted by molar-refractivity contribution is 5.99. The summed E-state index contributed by atoms with van der Waals surface area (Å²) in [4.78, 5) is 12.1. The molecule has 0 aromatic heterocycles. The van der Waals surface area contributed by atoms with E-state index in [1.807, 2.05) is 85.8 Å². The second-order valence-corrected chi connectivity index (χ2v) is 6.53. The van der Waals surface area contributed by atoms with Gasteiger partial charge in [0.15, 0.2) is 11.5 Å². The fourth-order valence-electron chi connectivity index (χ4n) is 2.78. The van der Waals surface area contributed by atoms with Gasteiger partial charge in [-0.25, -0.2) is 5.43 Å². The lowest BCUT2D eigenvalue weighted by molar-refractivity contribution is -0.120. The normalized spacial score (nSPS) is 11.0. The molecule has 0 bridgehead atoms. The molecule has 29 heavy (non-hydrogen) atoms. The van der Waals surface area contributed by atoms with Crippen LogP contribution in [0.3, 0.4) is 0 Å². The van der Waals surface area contributed by atoms with Gasteiger partial charge in [0.1, 0.15) is 6.61 Å². The topological polar surface area (TPSA) is 59.9 Å². The summed E-state index contributed by atoms with van der Waals surface area (Å²) in [6, 6.07) is 25.1. The van der Waals surface area contributed by atoms with Gasteiger partial charge in [-0.05, 0) is 36.2 Å². The van der Waals surface area contributed by atoms with Crippen molar-refractivity contribution in [3.05, 3.63) is 95.6 Å². The molecule has 1 N–H and O–H groups in total. The maximum Gasteiger partial charge on any atom is 0.244 e. The van der Waals surface area contributed by atoms with E-state index in [1.165, 1.54) is 0 Å². The maximum absolute atomic E-state index is 12.1. The summed E-state index contributed by atoms with van der Waals surface area (Å²) in [5.41, 5.74) is 6.15. The number of nitrogens with one attached hydrogen (secondary N) is 1. The van der Waals surface area contributed by atoms with Gasteiger partial charge in [0.05, 0.1) is 19.2 Å². The van der Waals surface area contributed by atoms with Crippen LogP contribution < -0.4 is 14.9 Å². The smallest absolute Gasteiger partial charge is 0.244 e. The van der Waals surface area contributed by atoms with E-state index in [4.69, 9.17) is 9.47 Å². The Labute approximate surface area is 171 Å². The van der Waals surface area contributed by atoms with Crippen molar-refractivity contribution in [2.75, 3.05) is 7.11 Å². The third kappa shape index (κ3) is 5.94. The van der Waals surface area contributed by atoms with E-state index >= 15 is 0 Å². The maximum atomic E-state index is 12.1. The first-order chi connectivity index (χ1) is 14.2. The van der Waals surface area contributed by atoms with Crippen LogP contribution in [0, 0.1) is 0 Å². The van der Waals surface area contributed by atoms with Crippen molar-refractivity contribution in [2.24, 2.45) is 5.10 Å². The average Bonchev–Trinajstić information content (AvgIpc) is 2.77. The molecular formula is C24H24N2O3. The zero-order valence-electron chi connectivity index (χ0n) is 16.6. The van der Waals surface area contributed by atoms with Crippen LogP contribution in [0.4, 0.5) is 0 Å². The van der Waals surface area contributed by atoms with E-state index in [0.29, 0.717) is 23.8 Å². The summed E-state index contributed by atoms with van der Waals surface area (Å²) in [5, 5.41) is 4.21. The molecule has 0 heterocycles. The minimum atomic E-state index is -0.162. The Morgan fingerprint density at radius 1 is 0.897 bits per heavy atom. The van der Waals surface area contributed by atoms with Crippen LogP contribution in [0.2, 0.25) is 0 Å². The Balaban J connectivity index is 1.63. The molecule has 3 rings (SSSR count). The molecule has 0 saturated carbocycles. The first-order valence-electron chi connectivity index (χ1n) is 9.38. The monoisotopic (exact) mass is 388 g/mol. The molecule has 0 aliphatic heterocycles. The number of carbonyl (C=O) groups is 1. The molecule has 0 saturated heterocycles. The molecule has 1 amide bonds. The Kier molecular flexibility index (Phi) is 7.00. The highest BCUT2D eigenvalue weighted by atomic mass is 16.5. The van der Waals surface area contributed by atoms with Gasteiger partial charge >= 0.3 is 0 Å². The number of methoxy groups -OCH3 is 1. The molecule has 5 heteroatoms. The van der Waals surface area contributed by atoms with Crippen LogP contribution in [0.15, 0.2) is 84.0 Å². The van der Waals surface area contributed by atoms with Crippen molar-refractivity contribution < 1.29 is 14.3 Å². The van der Waals surface area contributed by atoms with Gasteiger partial charge in [-0.15, -0.1) is 0 Å². The molecule has 0 atom stereocenters. The van der Waals surface area contributed by atoms with Crippen LogP contribution in [0.25, 0.3) is 0 Å². The zero-order chi connectivity index (χ0) is 20.5. The molecule has 148 valence electrons. The molecule has 3 aromatic carbocycles. The highest BCUT2D eigenvalue weighted by Crippen LogP contribution is 2.29. The predicted octanol–water partition coefficient (Wildman–Crippen LogP) is 4.36. The average molecular weight is 388 g/mol. The van der Waals surface area contributed by atoms with Gasteiger partial charge < -0.3 is 9.47 Å². The lowest BCUT2D eigenvalue weighted by atomic mass is 10.1. The largest absolute Gasteiger partial charge is 0.493 e. The van der Waals surface area contributed by atoms with E-state index in [-0.39, 0.29) is 12.3 Å². The lowest BCUT2D eigenvalue weighted by Gasteiger charge is -2.12.